The monoisotopic (exact) mass is 465 g/mol. The molecule has 0 spiro atoms. The van der Waals surface area contributed by atoms with E-state index in [2.05, 4.69) is 0 Å². The Kier molecular flexibility index (Phi) is 6.40. The molecule has 0 aliphatic carbocycles. The van der Waals surface area contributed by atoms with Crippen LogP contribution in [0, 0.1) is 0 Å². The van der Waals surface area contributed by atoms with Crippen LogP contribution in [0.2, 0.25) is 10.0 Å². The lowest BCUT2D eigenvalue weighted by molar-refractivity contribution is -0.123. The smallest absolute Gasteiger partial charge is 0.338 e. The van der Waals surface area contributed by atoms with Gasteiger partial charge in [0.15, 0.2) is 11.9 Å². The second-order valence-electron chi connectivity index (χ2n) is 7.10. The highest BCUT2D eigenvalue weighted by atomic mass is 35.5. The number of rotatable bonds is 4. The van der Waals surface area contributed by atoms with Gasteiger partial charge in [0.2, 0.25) is 0 Å². The van der Waals surface area contributed by atoms with Crippen molar-refractivity contribution >= 4 is 46.6 Å². The van der Waals surface area contributed by atoms with E-state index in [1.165, 1.54) is 17.0 Å². The average molecular weight is 466 g/mol. The minimum Gasteiger partial charge on any atom is -0.448 e. The summed E-state index contributed by atoms with van der Waals surface area (Å²) in [7, 11) is 0. The summed E-state index contributed by atoms with van der Waals surface area (Å²) in [5, 5.41) is 0.722. The van der Waals surface area contributed by atoms with Gasteiger partial charge in [0.25, 0.3) is 5.91 Å². The maximum absolute atomic E-state index is 13.3. The molecular formula is C25H17Cl2NO4. The summed E-state index contributed by atoms with van der Waals surface area (Å²) in [6.07, 6.45) is 0.132. The highest BCUT2D eigenvalue weighted by Crippen LogP contribution is 2.33. The van der Waals surface area contributed by atoms with E-state index in [-0.39, 0.29) is 12.5 Å². The van der Waals surface area contributed by atoms with E-state index in [4.69, 9.17) is 27.9 Å². The molecule has 0 saturated heterocycles. The second-order valence-corrected chi connectivity index (χ2v) is 7.94. The predicted octanol–water partition coefficient (Wildman–Crippen LogP) is 5.29. The third kappa shape index (κ3) is 4.59. The minimum absolute atomic E-state index is 0.143. The fraction of sp³-hybridized carbons (Fsp3) is 0.0800. The van der Waals surface area contributed by atoms with E-state index in [1.54, 1.807) is 72.8 Å². The number of ketones is 1. The number of halogens is 2. The summed E-state index contributed by atoms with van der Waals surface area (Å²) >= 11 is 12.4. The van der Waals surface area contributed by atoms with Crippen LogP contribution in [-0.2, 0) is 9.53 Å². The molecule has 0 aromatic heterocycles. The third-order valence-corrected chi connectivity index (χ3v) is 5.52. The Morgan fingerprint density at radius 3 is 2.12 bits per heavy atom. The van der Waals surface area contributed by atoms with Crippen molar-refractivity contribution < 1.29 is 19.1 Å². The molecular weight excluding hydrogens is 449 g/mol. The highest BCUT2D eigenvalue weighted by Gasteiger charge is 2.35. The molecule has 0 saturated carbocycles. The van der Waals surface area contributed by atoms with Crippen molar-refractivity contribution in [3.63, 3.8) is 0 Å². The van der Waals surface area contributed by atoms with Gasteiger partial charge in [-0.25, -0.2) is 4.79 Å². The zero-order valence-corrected chi connectivity index (χ0v) is 18.2. The van der Waals surface area contributed by atoms with Crippen LogP contribution >= 0.6 is 23.2 Å². The molecule has 1 aliphatic heterocycles. The van der Waals surface area contributed by atoms with Crippen molar-refractivity contribution in [2.75, 3.05) is 6.54 Å². The molecule has 32 heavy (non-hydrogen) atoms. The molecule has 5 nitrogen and oxygen atoms in total. The summed E-state index contributed by atoms with van der Waals surface area (Å²) in [6, 6.07) is 21.8. The Morgan fingerprint density at radius 1 is 0.875 bits per heavy atom. The highest BCUT2D eigenvalue weighted by molar-refractivity contribution is 6.36. The van der Waals surface area contributed by atoms with E-state index >= 15 is 0 Å². The Labute approximate surface area is 194 Å². The Hall–Kier alpha value is -3.41. The second kappa shape index (κ2) is 9.39. The van der Waals surface area contributed by atoms with Crippen molar-refractivity contribution in [2.24, 2.45) is 0 Å². The Balaban J connectivity index is 1.71. The first kappa shape index (κ1) is 21.8. The van der Waals surface area contributed by atoms with Gasteiger partial charge in [0, 0.05) is 22.2 Å². The number of amides is 1. The molecule has 0 radical (unpaired) electrons. The lowest BCUT2D eigenvalue weighted by Gasteiger charge is -2.33. The molecule has 3 aromatic rings. The molecule has 1 aliphatic rings. The number of esters is 1. The van der Waals surface area contributed by atoms with Crippen molar-refractivity contribution in [2.45, 2.75) is 6.10 Å². The first-order valence-electron chi connectivity index (χ1n) is 9.78. The van der Waals surface area contributed by atoms with Crippen LogP contribution in [0.3, 0.4) is 0 Å². The van der Waals surface area contributed by atoms with E-state index in [0.717, 1.165) is 0 Å². The van der Waals surface area contributed by atoms with Gasteiger partial charge in [0.05, 0.1) is 22.8 Å². The maximum Gasteiger partial charge on any atom is 0.338 e. The SMILES string of the molecule is O=C(OC1CN(C(=O)c2ccccc2)C(c2ccc(Cl)cc2Cl)=CC1=O)c1ccccc1. The van der Waals surface area contributed by atoms with Crippen molar-refractivity contribution in [1.82, 2.24) is 4.90 Å². The zero-order valence-electron chi connectivity index (χ0n) is 16.7. The molecule has 3 aromatic carbocycles. The number of hydrogen-bond acceptors (Lipinski definition) is 4. The van der Waals surface area contributed by atoms with E-state index in [0.29, 0.717) is 32.4 Å². The standard InChI is InChI=1S/C25H17Cl2NO4/c26-18-11-12-19(20(27)13-18)21-14-22(29)23(32-25(31)17-9-5-2-6-10-17)15-28(21)24(30)16-7-3-1-4-8-16/h1-14,23H,15H2. The van der Waals surface area contributed by atoms with Crippen LogP contribution < -0.4 is 0 Å². The number of carbonyl (C=O) groups excluding carboxylic acids is 3. The van der Waals surface area contributed by atoms with Crippen LogP contribution in [0.15, 0.2) is 84.9 Å². The molecule has 1 heterocycles. The van der Waals surface area contributed by atoms with Crippen LogP contribution in [0.1, 0.15) is 26.3 Å². The summed E-state index contributed by atoms with van der Waals surface area (Å²) < 4.78 is 5.46. The minimum atomic E-state index is -1.15. The molecule has 0 N–H and O–H groups in total. The maximum atomic E-state index is 13.3. The molecule has 1 amide bonds. The van der Waals surface area contributed by atoms with Crippen LogP contribution in [0.25, 0.3) is 5.70 Å². The number of nitrogens with zero attached hydrogens (tertiary/aromatic N) is 1. The van der Waals surface area contributed by atoms with Crippen LogP contribution in [-0.4, -0.2) is 35.2 Å². The first-order valence-corrected chi connectivity index (χ1v) is 10.5. The number of carbonyl (C=O) groups is 3. The van der Waals surface area contributed by atoms with E-state index < -0.39 is 17.9 Å². The van der Waals surface area contributed by atoms with Gasteiger partial charge >= 0.3 is 5.97 Å². The number of ether oxygens (including phenoxy) is 1. The summed E-state index contributed by atoms with van der Waals surface area (Å²) in [6.45, 7) is -0.143. The van der Waals surface area contributed by atoms with Gasteiger partial charge < -0.3 is 9.64 Å². The fourth-order valence-electron chi connectivity index (χ4n) is 3.38. The van der Waals surface area contributed by atoms with Gasteiger partial charge in [0.1, 0.15) is 0 Å². The van der Waals surface area contributed by atoms with Crippen molar-refractivity contribution in [3.05, 3.63) is 112 Å². The van der Waals surface area contributed by atoms with Crippen molar-refractivity contribution in [3.8, 4) is 0 Å². The third-order valence-electron chi connectivity index (χ3n) is 4.97. The first-order chi connectivity index (χ1) is 15.4. The lowest BCUT2D eigenvalue weighted by atomic mass is 10.0. The lowest BCUT2D eigenvalue weighted by Crippen LogP contribution is -2.45. The zero-order chi connectivity index (χ0) is 22.7. The summed E-state index contributed by atoms with van der Waals surface area (Å²) in [4.78, 5) is 40.1. The van der Waals surface area contributed by atoms with E-state index in [9.17, 15) is 14.4 Å². The summed E-state index contributed by atoms with van der Waals surface area (Å²) in [5.74, 6) is -1.43. The molecule has 160 valence electrons. The van der Waals surface area contributed by atoms with Crippen molar-refractivity contribution in [1.29, 1.82) is 0 Å². The molecule has 1 atom stereocenters. The van der Waals surface area contributed by atoms with Gasteiger partial charge in [-0.15, -0.1) is 0 Å². The molecule has 4 rings (SSSR count). The molecule has 7 heteroatoms. The van der Waals surface area contributed by atoms with Crippen LogP contribution in [0.5, 0.6) is 0 Å². The van der Waals surface area contributed by atoms with E-state index in [1.807, 2.05) is 0 Å². The number of benzene rings is 3. The predicted molar refractivity (Wildman–Crippen MR) is 123 cm³/mol. The van der Waals surface area contributed by atoms with Gasteiger partial charge in [-0.2, -0.15) is 0 Å². The van der Waals surface area contributed by atoms with Gasteiger partial charge in [-0.05, 0) is 42.5 Å². The van der Waals surface area contributed by atoms with Crippen LogP contribution in [0.4, 0.5) is 0 Å². The Bertz CT molecular complexity index is 1210. The average Bonchev–Trinajstić information content (AvgIpc) is 2.81. The normalized spacial score (nSPS) is 15.8. The Morgan fingerprint density at radius 2 is 1.50 bits per heavy atom. The van der Waals surface area contributed by atoms with Gasteiger partial charge in [-0.1, -0.05) is 59.6 Å². The fourth-order valence-corrected chi connectivity index (χ4v) is 3.88. The summed E-state index contributed by atoms with van der Waals surface area (Å²) in [5.41, 5.74) is 1.53. The van der Waals surface area contributed by atoms with Gasteiger partial charge in [-0.3, -0.25) is 9.59 Å². The molecule has 1 unspecified atom stereocenters. The molecule has 0 bridgehead atoms. The topological polar surface area (TPSA) is 63.7 Å². The largest absolute Gasteiger partial charge is 0.448 e. The quantitative estimate of drug-likeness (QED) is 0.491. The molecule has 0 fully saturated rings. The number of hydrogen-bond donors (Lipinski definition) is 0.